The summed E-state index contributed by atoms with van der Waals surface area (Å²) in [5.74, 6) is 2.07. The Morgan fingerprint density at radius 2 is 1.67 bits per heavy atom. The number of fused-ring (bicyclic) bond motifs is 1. The van der Waals surface area contributed by atoms with Gasteiger partial charge in [0, 0.05) is 18.6 Å². The van der Waals surface area contributed by atoms with Gasteiger partial charge >= 0.3 is 5.97 Å². The molecule has 3 aromatic carbocycles. The predicted molar refractivity (Wildman–Crippen MR) is 123 cm³/mol. The highest BCUT2D eigenvalue weighted by atomic mass is 32.2. The number of sulfonamides is 1. The Morgan fingerprint density at radius 1 is 1.00 bits per heavy atom. The molecule has 0 atom stereocenters. The van der Waals surface area contributed by atoms with Crippen molar-refractivity contribution in [3.63, 3.8) is 0 Å². The van der Waals surface area contributed by atoms with Crippen molar-refractivity contribution in [1.29, 1.82) is 0 Å². The summed E-state index contributed by atoms with van der Waals surface area (Å²) >= 11 is 3.81. The molecule has 0 aromatic heterocycles. The molecule has 4 rings (SSSR count). The smallest absolute Gasteiger partial charge is 0.326 e. The van der Waals surface area contributed by atoms with Crippen LogP contribution in [0.15, 0.2) is 71.6 Å². The highest BCUT2D eigenvalue weighted by Crippen LogP contribution is 2.45. The van der Waals surface area contributed by atoms with Gasteiger partial charge in [-0.1, -0.05) is 42.5 Å². The summed E-state index contributed by atoms with van der Waals surface area (Å²) in [6.45, 7) is -0.370. The first-order valence-electron chi connectivity index (χ1n) is 9.42. The molecule has 0 radical (unpaired) electrons. The van der Waals surface area contributed by atoms with Crippen LogP contribution in [-0.2, 0) is 14.8 Å². The topological polar surface area (TPSA) is 63.7 Å². The Morgan fingerprint density at radius 3 is 2.37 bits per heavy atom. The third-order valence-electron chi connectivity index (χ3n) is 4.79. The van der Waals surface area contributed by atoms with Gasteiger partial charge in [0.05, 0.1) is 9.48 Å². The van der Waals surface area contributed by atoms with Gasteiger partial charge in [0.25, 0.3) is 0 Å². The number of esters is 1. The van der Waals surface area contributed by atoms with Gasteiger partial charge in [-0.3, -0.25) is 4.79 Å². The minimum atomic E-state index is -3.81. The minimum absolute atomic E-state index is 0.146. The molecule has 1 saturated heterocycles. The van der Waals surface area contributed by atoms with E-state index in [-0.39, 0.29) is 11.4 Å². The number of benzene rings is 3. The Labute approximate surface area is 184 Å². The van der Waals surface area contributed by atoms with E-state index in [1.807, 2.05) is 59.9 Å². The summed E-state index contributed by atoms with van der Waals surface area (Å²) in [6.07, 6.45) is 0. The third kappa shape index (κ3) is 4.67. The molecule has 1 aliphatic heterocycles. The second-order valence-electron chi connectivity index (χ2n) is 6.89. The van der Waals surface area contributed by atoms with E-state index in [9.17, 15) is 13.2 Å². The van der Waals surface area contributed by atoms with Crippen LogP contribution in [0.25, 0.3) is 10.8 Å². The average Bonchev–Trinajstić information content (AvgIpc) is 3.28. The maximum atomic E-state index is 12.9. The number of likely N-dealkylation sites (N-methyl/N-ethyl adjacent to an activating group) is 1. The average molecular weight is 460 g/mol. The number of nitrogens with zero attached hydrogens (tertiary/aromatic N) is 1. The van der Waals surface area contributed by atoms with Crippen LogP contribution < -0.4 is 4.74 Å². The van der Waals surface area contributed by atoms with Gasteiger partial charge in [-0.2, -0.15) is 4.31 Å². The van der Waals surface area contributed by atoms with Crippen molar-refractivity contribution in [3.05, 3.63) is 72.3 Å². The first-order chi connectivity index (χ1) is 14.4. The Hall–Kier alpha value is -2.00. The summed E-state index contributed by atoms with van der Waals surface area (Å²) in [7, 11) is -2.43. The zero-order valence-corrected chi connectivity index (χ0v) is 18.8. The number of hydrogen-bond acceptors (Lipinski definition) is 6. The molecule has 0 N–H and O–H groups in total. The zero-order valence-electron chi connectivity index (χ0n) is 16.4. The van der Waals surface area contributed by atoms with E-state index in [1.165, 1.54) is 12.6 Å². The molecular formula is C22H21NO4S3. The Balaban J connectivity index is 1.41. The molecule has 1 heterocycles. The SMILES string of the molecule is CN(CC(=O)Oc1ccc(C2SCCS2)cc1)S(=O)(=O)c1ccc2ccccc2c1. The van der Waals surface area contributed by atoms with Gasteiger partial charge in [0.2, 0.25) is 10.0 Å². The Kier molecular flexibility index (Phi) is 6.38. The molecular weight excluding hydrogens is 438 g/mol. The second kappa shape index (κ2) is 9.01. The minimum Gasteiger partial charge on any atom is -0.426 e. The molecule has 0 bridgehead atoms. The lowest BCUT2D eigenvalue weighted by Gasteiger charge is -2.17. The van der Waals surface area contributed by atoms with E-state index < -0.39 is 16.0 Å². The highest BCUT2D eigenvalue weighted by Gasteiger charge is 2.24. The summed E-state index contributed by atoms with van der Waals surface area (Å²) in [6, 6.07) is 19.9. The second-order valence-corrected chi connectivity index (χ2v) is 11.7. The lowest BCUT2D eigenvalue weighted by atomic mass is 10.1. The number of ether oxygens (including phenoxy) is 1. The normalized spacial score (nSPS) is 15.0. The van der Waals surface area contributed by atoms with Gasteiger partial charge < -0.3 is 4.74 Å². The summed E-state index contributed by atoms with van der Waals surface area (Å²) in [5.41, 5.74) is 1.19. The maximum absolute atomic E-state index is 12.9. The molecule has 5 nitrogen and oxygen atoms in total. The fourth-order valence-electron chi connectivity index (χ4n) is 3.18. The summed E-state index contributed by atoms with van der Waals surface area (Å²) in [4.78, 5) is 12.5. The van der Waals surface area contributed by atoms with Gasteiger partial charge in [0.1, 0.15) is 12.3 Å². The highest BCUT2D eigenvalue weighted by molar-refractivity contribution is 8.19. The number of rotatable bonds is 6. The zero-order chi connectivity index (χ0) is 21.1. The molecule has 1 fully saturated rings. The van der Waals surface area contributed by atoms with Crippen molar-refractivity contribution >= 4 is 50.3 Å². The van der Waals surface area contributed by atoms with Gasteiger partial charge in [-0.05, 0) is 40.6 Å². The first kappa shape index (κ1) is 21.2. The predicted octanol–water partition coefficient (Wildman–Crippen LogP) is 4.54. The monoisotopic (exact) mass is 459 g/mol. The quantitative estimate of drug-likeness (QED) is 0.398. The molecule has 8 heteroatoms. The van der Waals surface area contributed by atoms with Gasteiger partial charge in [-0.15, -0.1) is 23.5 Å². The molecule has 1 aliphatic rings. The first-order valence-corrected chi connectivity index (χ1v) is 13.0. The van der Waals surface area contributed by atoms with Crippen LogP contribution in [0, 0.1) is 0 Å². The molecule has 0 unspecified atom stereocenters. The molecule has 0 saturated carbocycles. The molecule has 0 amide bonds. The van der Waals surface area contributed by atoms with E-state index in [4.69, 9.17) is 4.74 Å². The largest absolute Gasteiger partial charge is 0.426 e. The van der Waals surface area contributed by atoms with Crippen molar-refractivity contribution in [2.75, 3.05) is 25.1 Å². The van der Waals surface area contributed by atoms with E-state index in [0.29, 0.717) is 10.3 Å². The standard InChI is InChI=1S/C22H21NO4S3/c1-23(30(25,26)20-11-8-16-4-2-3-5-18(16)14-20)15-21(24)27-19-9-6-17(7-10-19)22-28-12-13-29-22/h2-11,14,22H,12-13,15H2,1H3. The summed E-state index contributed by atoms with van der Waals surface area (Å²) in [5, 5.41) is 1.78. The van der Waals surface area contributed by atoms with E-state index in [1.54, 1.807) is 30.3 Å². The fraction of sp³-hybridized carbons (Fsp3) is 0.227. The van der Waals surface area contributed by atoms with Crippen LogP contribution in [0.5, 0.6) is 5.75 Å². The van der Waals surface area contributed by atoms with Crippen molar-refractivity contribution in [2.24, 2.45) is 0 Å². The number of carbonyl (C=O) groups excluding carboxylic acids is 1. The maximum Gasteiger partial charge on any atom is 0.326 e. The van der Waals surface area contributed by atoms with Crippen molar-refractivity contribution in [2.45, 2.75) is 9.48 Å². The lowest BCUT2D eigenvalue weighted by Crippen LogP contribution is -2.34. The van der Waals surface area contributed by atoms with Crippen molar-refractivity contribution in [3.8, 4) is 5.75 Å². The molecule has 0 aliphatic carbocycles. The van der Waals surface area contributed by atoms with Crippen LogP contribution in [0.3, 0.4) is 0 Å². The number of hydrogen-bond donors (Lipinski definition) is 0. The molecule has 30 heavy (non-hydrogen) atoms. The van der Waals surface area contributed by atoms with Crippen molar-refractivity contribution < 1.29 is 17.9 Å². The van der Waals surface area contributed by atoms with Crippen LogP contribution in [0.1, 0.15) is 10.1 Å². The molecule has 156 valence electrons. The van der Waals surface area contributed by atoms with Crippen LogP contribution in [-0.4, -0.2) is 43.8 Å². The van der Waals surface area contributed by atoms with E-state index in [0.717, 1.165) is 26.6 Å². The molecule has 3 aromatic rings. The summed E-state index contributed by atoms with van der Waals surface area (Å²) < 4.78 is 32.5. The van der Waals surface area contributed by atoms with Crippen molar-refractivity contribution in [1.82, 2.24) is 4.31 Å². The molecule has 0 spiro atoms. The fourth-order valence-corrected chi connectivity index (χ4v) is 7.19. The van der Waals surface area contributed by atoms with Crippen LogP contribution >= 0.6 is 23.5 Å². The van der Waals surface area contributed by atoms with Gasteiger partial charge in [0.15, 0.2) is 0 Å². The number of carbonyl (C=O) groups is 1. The number of thioether (sulfide) groups is 2. The van der Waals surface area contributed by atoms with Gasteiger partial charge in [-0.25, -0.2) is 8.42 Å². The van der Waals surface area contributed by atoms with E-state index in [2.05, 4.69) is 0 Å². The van der Waals surface area contributed by atoms with Crippen LogP contribution in [0.4, 0.5) is 0 Å². The third-order valence-corrected chi connectivity index (χ3v) is 9.69. The van der Waals surface area contributed by atoms with E-state index >= 15 is 0 Å². The lowest BCUT2D eigenvalue weighted by molar-refractivity contribution is -0.134. The van der Waals surface area contributed by atoms with Crippen LogP contribution in [0.2, 0.25) is 0 Å². The Bertz CT molecular complexity index is 1160.